The van der Waals surface area contributed by atoms with Crippen LogP contribution >= 0.6 is 23.2 Å². The lowest BCUT2D eigenvalue weighted by molar-refractivity contribution is -0.120. The largest absolute Gasteiger partial charge is 0.331 e. The summed E-state index contributed by atoms with van der Waals surface area (Å²) in [5.74, 6) is -0.0444. The van der Waals surface area contributed by atoms with Gasteiger partial charge in [0.15, 0.2) is 5.82 Å². The van der Waals surface area contributed by atoms with E-state index in [1.54, 1.807) is 55.2 Å². The summed E-state index contributed by atoms with van der Waals surface area (Å²) in [6.07, 6.45) is 3.70. The third-order valence-corrected chi connectivity index (χ3v) is 5.29. The maximum atomic E-state index is 12.3. The van der Waals surface area contributed by atoms with Crippen LogP contribution in [-0.2, 0) is 11.8 Å². The highest BCUT2D eigenvalue weighted by atomic mass is 35.5. The summed E-state index contributed by atoms with van der Waals surface area (Å²) < 4.78 is 0.650. The van der Waals surface area contributed by atoms with Crippen LogP contribution in [0, 0.1) is 5.41 Å². The van der Waals surface area contributed by atoms with Crippen molar-refractivity contribution in [2.75, 3.05) is 5.32 Å². The zero-order valence-electron chi connectivity index (χ0n) is 12.6. The van der Waals surface area contributed by atoms with E-state index in [-0.39, 0.29) is 11.7 Å². The van der Waals surface area contributed by atoms with Gasteiger partial charge in [0.05, 0.1) is 5.41 Å². The molecule has 5 nitrogen and oxygen atoms in total. The molecule has 7 heteroatoms. The molecule has 1 aromatic heterocycles. The zero-order chi connectivity index (χ0) is 16.8. The van der Waals surface area contributed by atoms with Gasteiger partial charge < -0.3 is 9.88 Å². The molecule has 1 amide bonds. The molecule has 0 radical (unpaired) electrons. The Bertz CT molecular complexity index is 783. The van der Waals surface area contributed by atoms with Crippen LogP contribution in [0.4, 0.5) is 5.69 Å². The number of amides is 1. The number of nitrogens with one attached hydrogen (secondary N) is 1. The molecule has 1 heterocycles. The van der Waals surface area contributed by atoms with Crippen LogP contribution in [0.1, 0.15) is 29.5 Å². The van der Waals surface area contributed by atoms with E-state index in [1.165, 1.54) is 0 Å². The van der Waals surface area contributed by atoms with Crippen LogP contribution in [0.15, 0.2) is 36.7 Å². The molecule has 0 spiro atoms. The number of carbonyl (C=O) groups excluding carboxylic acids is 2. The number of ketones is 1. The van der Waals surface area contributed by atoms with Crippen molar-refractivity contribution in [2.45, 2.75) is 17.7 Å². The monoisotopic (exact) mass is 351 g/mol. The number of nitrogens with zero attached hydrogens (tertiary/aromatic N) is 2. The van der Waals surface area contributed by atoms with Crippen molar-refractivity contribution in [1.29, 1.82) is 0 Å². The van der Waals surface area contributed by atoms with Crippen LogP contribution in [0.3, 0.4) is 0 Å². The van der Waals surface area contributed by atoms with Gasteiger partial charge in [0, 0.05) is 30.7 Å². The van der Waals surface area contributed by atoms with E-state index in [1.807, 2.05) is 0 Å². The summed E-state index contributed by atoms with van der Waals surface area (Å²) >= 11 is 12.0. The van der Waals surface area contributed by atoms with E-state index in [2.05, 4.69) is 10.3 Å². The first-order chi connectivity index (χ1) is 10.7. The molecule has 1 atom stereocenters. The highest BCUT2D eigenvalue weighted by Crippen LogP contribution is 2.64. The zero-order valence-corrected chi connectivity index (χ0v) is 14.1. The lowest BCUT2D eigenvalue weighted by atomic mass is 10.1. The average Bonchev–Trinajstić information content (AvgIpc) is 2.83. The quantitative estimate of drug-likeness (QED) is 0.679. The average molecular weight is 352 g/mol. The first-order valence-corrected chi connectivity index (χ1v) is 7.81. The summed E-state index contributed by atoms with van der Waals surface area (Å²) in [5, 5.41) is 2.77. The summed E-state index contributed by atoms with van der Waals surface area (Å²) in [6, 6.07) is 6.64. The van der Waals surface area contributed by atoms with Gasteiger partial charge in [-0.2, -0.15) is 0 Å². The fourth-order valence-corrected chi connectivity index (χ4v) is 3.04. The first-order valence-electron chi connectivity index (χ1n) is 7.06. The van der Waals surface area contributed by atoms with Gasteiger partial charge in [0.2, 0.25) is 11.7 Å². The van der Waals surface area contributed by atoms with Crippen LogP contribution < -0.4 is 5.32 Å². The molecule has 1 aliphatic carbocycles. The number of rotatable bonds is 4. The van der Waals surface area contributed by atoms with Crippen LogP contribution in [0.2, 0.25) is 0 Å². The summed E-state index contributed by atoms with van der Waals surface area (Å²) in [5.41, 5.74) is 0.306. The molecule has 23 heavy (non-hydrogen) atoms. The highest BCUT2D eigenvalue weighted by Gasteiger charge is 2.67. The Balaban J connectivity index is 1.72. The number of aromatic nitrogens is 2. The van der Waals surface area contributed by atoms with E-state index < -0.39 is 9.75 Å². The summed E-state index contributed by atoms with van der Waals surface area (Å²) in [7, 11) is 1.76. The molecule has 0 unspecified atom stereocenters. The molecule has 1 N–H and O–H groups in total. The Morgan fingerprint density at radius 1 is 1.26 bits per heavy atom. The smallest absolute Gasteiger partial charge is 0.233 e. The van der Waals surface area contributed by atoms with Crippen LogP contribution in [0.5, 0.6) is 0 Å². The Labute approximate surface area is 143 Å². The molecule has 1 aromatic carbocycles. The van der Waals surface area contributed by atoms with Gasteiger partial charge in [-0.25, -0.2) is 4.98 Å². The number of anilines is 1. The summed E-state index contributed by atoms with van der Waals surface area (Å²) in [6.45, 7) is 1.72. The minimum absolute atomic E-state index is 0.176. The normalized spacial score (nSPS) is 21.7. The third-order valence-electron chi connectivity index (χ3n) is 4.19. The van der Waals surface area contributed by atoms with Crippen molar-refractivity contribution in [3.05, 3.63) is 48.0 Å². The highest BCUT2D eigenvalue weighted by molar-refractivity contribution is 6.53. The van der Waals surface area contributed by atoms with E-state index in [0.717, 1.165) is 0 Å². The van der Waals surface area contributed by atoms with Gasteiger partial charge in [-0.3, -0.25) is 9.59 Å². The predicted molar refractivity (Wildman–Crippen MR) is 88.9 cm³/mol. The molecule has 120 valence electrons. The molecule has 2 aromatic rings. The van der Waals surface area contributed by atoms with Crippen molar-refractivity contribution < 1.29 is 9.59 Å². The van der Waals surface area contributed by atoms with Crippen molar-refractivity contribution in [1.82, 2.24) is 9.55 Å². The van der Waals surface area contributed by atoms with Crippen LogP contribution in [0.25, 0.3) is 0 Å². The predicted octanol–water partition coefficient (Wildman–Crippen LogP) is 3.17. The van der Waals surface area contributed by atoms with Crippen molar-refractivity contribution in [3.63, 3.8) is 0 Å². The number of aryl methyl sites for hydroxylation is 1. The van der Waals surface area contributed by atoms with Crippen molar-refractivity contribution >= 4 is 40.6 Å². The Morgan fingerprint density at radius 2 is 1.87 bits per heavy atom. The lowest BCUT2D eigenvalue weighted by Crippen LogP contribution is -2.25. The number of hydrogen-bond donors (Lipinski definition) is 1. The van der Waals surface area contributed by atoms with Gasteiger partial charge in [-0.05, 0) is 37.6 Å². The lowest BCUT2D eigenvalue weighted by Gasteiger charge is -2.12. The number of carbonyl (C=O) groups is 2. The van der Waals surface area contributed by atoms with E-state index in [4.69, 9.17) is 23.2 Å². The number of alkyl halides is 2. The molecule has 0 saturated heterocycles. The first kappa shape index (κ1) is 16.0. The fourth-order valence-electron chi connectivity index (χ4n) is 2.33. The number of benzene rings is 1. The second-order valence-electron chi connectivity index (χ2n) is 5.94. The topological polar surface area (TPSA) is 64.0 Å². The maximum Gasteiger partial charge on any atom is 0.233 e. The van der Waals surface area contributed by atoms with E-state index >= 15 is 0 Å². The molecular weight excluding hydrogens is 337 g/mol. The van der Waals surface area contributed by atoms with Gasteiger partial charge in [-0.1, -0.05) is 0 Å². The van der Waals surface area contributed by atoms with Crippen LogP contribution in [-0.4, -0.2) is 25.6 Å². The minimum Gasteiger partial charge on any atom is -0.331 e. The number of imidazole rings is 1. The third kappa shape index (κ3) is 2.75. The Kier molecular flexibility index (Phi) is 3.73. The molecule has 1 fully saturated rings. The minimum atomic E-state index is -1.01. The molecular formula is C16H15Cl2N3O2. The second-order valence-corrected chi connectivity index (χ2v) is 7.42. The molecule has 1 aliphatic rings. The molecule has 1 saturated carbocycles. The Hall–Kier alpha value is -1.85. The summed E-state index contributed by atoms with van der Waals surface area (Å²) in [4.78, 5) is 28.5. The molecule has 0 aliphatic heterocycles. The molecule has 3 rings (SSSR count). The number of halogens is 2. The van der Waals surface area contributed by atoms with E-state index in [0.29, 0.717) is 23.5 Å². The van der Waals surface area contributed by atoms with Gasteiger partial charge in [-0.15, -0.1) is 23.2 Å². The standard InChI is InChI=1S/C16H15Cl2N3O2/c1-15(9-16(15,17)18)14(23)20-11-5-3-10(4-6-11)12(22)13-19-7-8-21(13)2/h3-8H,9H2,1-2H3,(H,20,23)/t15-/m0/s1. The van der Waals surface area contributed by atoms with Gasteiger partial charge >= 0.3 is 0 Å². The fraction of sp³-hybridized carbons (Fsp3) is 0.312. The van der Waals surface area contributed by atoms with Crippen molar-refractivity contribution in [3.8, 4) is 0 Å². The maximum absolute atomic E-state index is 12.3. The van der Waals surface area contributed by atoms with Gasteiger partial charge in [0.25, 0.3) is 0 Å². The SMILES string of the molecule is Cn1ccnc1C(=O)c1ccc(NC(=O)[C@]2(C)CC2(Cl)Cl)cc1. The number of hydrogen-bond acceptors (Lipinski definition) is 3. The second kappa shape index (κ2) is 5.35. The van der Waals surface area contributed by atoms with Crippen molar-refractivity contribution in [2.24, 2.45) is 12.5 Å². The van der Waals surface area contributed by atoms with E-state index in [9.17, 15) is 9.59 Å². The van der Waals surface area contributed by atoms with Gasteiger partial charge in [0.1, 0.15) is 4.33 Å². The molecule has 0 bridgehead atoms. The Morgan fingerprint density at radius 3 is 2.35 bits per heavy atom.